The fourth-order valence-corrected chi connectivity index (χ4v) is 0.993. The molecule has 0 fully saturated rings. The summed E-state index contributed by atoms with van der Waals surface area (Å²) in [6, 6.07) is 3.74. The molecule has 4 N–H and O–H groups in total. The maximum absolute atomic E-state index is 12.3. The zero-order valence-corrected chi connectivity index (χ0v) is 8.45. The van der Waals surface area contributed by atoms with Crippen LogP contribution in [0.25, 0.3) is 0 Å². The second-order valence-corrected chi connectivity index (χ2v) is 2.97. The summed E-state index contributed by atoms with van der Waals surface area (Å²) in [6.45, 7) is 0. The first kappa shape index (κ1) is 13.0. The number of hydrazone groups is 1. The van der Waals surface area contributed by atoms with Crippen LogP contribution >= 0.6 is 0 Å². The third-order valence-electron chi connectivity index (χ3n) is 1.72. The van der Waals surface area contributed by atoms with Gasteiger partial charge in [0.1, 0.15) is 0 Å². The molecule has 0 heterocycles. The number of halogens is 3. The number of amides is 2. The van der Waals surface area contributed by atoms with Crippen molar-refractivity contribution in [2.75, 3.05) is 0 Å². The Hall–Kier alpha value is -2.09. The number of nitrogens with two attached hydrogens (primary N) is 1. The van der Waals surface area contributed by atoms with E-state index in [-0.39, 0.29) is 5.56 Å². The Morgan fingerprint density at radius 2 is 2.12 bits per heavy atom. The molecule has 5 nitrogen and oxygen atoms in total. The number of rotatable bonds is 2. The maximum Gasteiger partial charge on any atom is 0.416 e. The Labute approximate surface area is 94.5 Å². The Kier molecular flexibility index (Phi) is 4.05. The summed E-state index contributed by atoms with van der Waals surface area (Å²) in [6.07, 6.45) is -3.34. The predicted molar refractivity (Wildman–Crippen MR) is 54.9 cm³/mol. The molecule has 0 saturated heterocycles. The molecule has 0 aromatic heterocycles. The summed E-state index contributed by atoms with van der Waals surface area (Å²) >= 11 is 0. The van der Waals surface area contributed by atoms with E-state index in [1.54, 1.807) is 5.43 Å². The van der Waals surface area contributed by atoms with Crippen LogP contribution in [0.5, 0.6) is 0 Å². The lowest BCUT2D eigenvalue weighted by Gasteiger charge is -2.06. The molecule has 0 saturated carbocycles. The topological polar surface area (TPSA) is 79.5 Å². The lowest BCUT2D eigenvalue weighted by atomic mass is 10.1. The first-order chi connectivity index (χ1) is 7.93. The Morgan fingerprint density at radius 3 is 2.71 bits per heavy atom. The normalized spacial score (nSPS) is 11.5. The number of carbonyl (C=O) groups excluding carboxylic acids is 1. The lowest BCUT2D eigenvalue weighted by Crippen LogP contribution is -2.37. The minimum atomic E-state index is -4.41. The number of benzene rings is 1. The predicted octanol–water partition coefficient (Wildman–Crippen LogP) is 1.21. The molecular formula is C9H9F3N4O. The van der Waals surface area contributed by atoms with E-state index in [0.29, 0.717) is 0 Å². The summed E-state index contributed by atoms with van der Waals surface area (Å²) < 4.78 is 37.0. The van der Waals surface area contributed by atoms with E-state index in [1.807, 2.05) is 5.43 Å². The van der Waals surface area contributed by atoms with Crippen LogP contribution in [0, 0.1) is 0 Å². The zero-order valence-electron chi connectivity index (χ0n) is 8.45. The van der Waals surface area contributed by atoms with Gasteiger partial charge in [-0.25, -0.2) is 16.1 Å². The van der Waals surface area contributed by atoms with E-state index in [4.69, 9.17) is 5.84 Å². The van der Waals surface area contributed by atoms with E-state index in [0.717, 1.165) is 18.3 Å². The van der Waals surface area contributed by atoms with Crippen molar-refractivity contribution in [3.05, 3.63) is 35.4 Å². The average molecular weight is 246 g/mol. The fourth-order valence-electron chi connectivity index (χ4n) is 0.993. The zero-order chi connectivity index (χ0) is 12.9. The molecule has 17 heavy (non-hydrogen) atoms. The molecule has 8 heteroatoms. The van der Waals surface area contributed by atoms with Gasteiger partial charge in [-0.1, -0.05) is 12.1 Å². The van der Waals surface area contributed by atoms with Gasteiger partial charge >= 0.3 is 12.2 Å². The molecule has 0 bridgehead atoms. The molecule has 0 radical (unpaired) electrons. The van der Waals surface area contributed by atoms with Crippen molar-refractivity contribution < 1.29 is 18.0 Å². The third kappa shape index (κ3) is 4.11. The number of urea groups is 1. The Morgan fingerprint density at radius 1 is 1.41 bits per heavy atom. The van der Waals surface area contributed by atoms with Gasteiger partial charge in [0.05, 0.1) is 11.8 Å². The van der Waals surface area contributed by atoms with Gasteiger partial charge in [-0.2, -0.15) is 18.3 Å². The van der Waals surface area contributed by atoms with Crippen LogP contribution in [0.3, 0.4) is 0 Å². The molecule has 1 rings (SSSR count). The maximum atomic E-state index is 12.3. The van der Waals surface area contributed by atoms with Gasteiger partial charge in [-0.3, -0.25) is 5.43 Å². The lowest BCUT2D eigenvalue weighted by molar-refractivity contribution is -0.137. The number of carbonyl (C=O) groups is 1. The molecular weight excluding hydrogens is 237 g/mol. The number of alkyl halides is 3. The number of hydrazine groups is 1. The van der Waals surface area contributed by atoms with E-state index in [9.17, 15) is 18.0 Å². The Bertz CT molecular complexity index is 430. The van der Waals surface area contributed by atoms with Crippen molar-refractivity contribution in [3.63, 3.8) is 0 Å². The van der Waals surface area contributed by atoms with Gasteiger partial charge in [0.15, 0.2) is 0 Å². The Balaban J connectivity index is 2.76. The average Bonchev–Trinajstić information content (AvgIpc) is 2.28. The van der Waals surface area contributed by atoms with Crippen LogP contribution in [0.2, 0.25) is 0 Å². The standard InChI is InChI=1S/C9H9F3N4O/c10-9(11,12)7-3-1-2-6(4-7)5-14-16-8(17)15-13/h1-5H,13H2,(H2,15,16,17)/b14-5+. The highest BCUT2D eigenvalue weighted by Crippen LogP contribution is 2.29. The first-order valence-corrected chi connectivity index (χ1v) is 4.40. The van der Waals surface area contributed by atoms with Crippen molar-refractivity contribution in [3.8, 4) is 0 Å². The van der Waals surface area contributed by atoms with Crippen LogP contribution in [-0.2, 0) is 6.18 Å². The van der Waals surface area contributed by atoms with Crippen LogP contribution < -0.4 is 16.7 Å². The van der Waals surface area contributed by atoms with Crippen molar-refractivity contribution >= 4 is 12.2 Å². The molecule has 0 aliphatic rings. The van der Waals surface area contributed by atoms with Crippen molar-refractivity contribution in [2.24, 2.45) is 10.9 Å². The van der Waals surface area contributed by atoms with E-state index in [2.05, 4.69) is 5.10 Å². The summed E-state index contributed by atoms with van der Waals surface area (Å²) in [7, 11) is 0. The SMILES string of the molecule is NNC(=O)N/N=C/c1cccc(C(F)(F)F)c1. The van der Waals surface area contributed by atoms with Gasteiger partial charge in [0, 0.05) is 0 Å². The number of nitrogens with one attached hydrogen (secondary N) is 2. The van der Waals surface area contributed by atoms with E-state index < -0.39 is 17.8 Å². The molecule has 1 aromatic rings. The summed E-state index contributed by atoms with van der Waals surface area (Å²) in [5, 5.41) is 3.40. The van der Waals surface area contributed by atoms with Crippen molar-refractivity contribution in [1.82, 2.24) is 10.9 Å². The molecule has 0 unspecified atom stereocenters. The van der Waals surface area contributed by atoms with Crippen LogP contribution in [0.15, 0.2) is 29.4 Å². The van der Waals surface area contributed by atoms with Gasteiger partial charge < -0.3 is 0 Å². The molecule has 92 valence electrons. The van der Waals surface area contributed by atoms with E-state index >= 15 is 0 Å². The molecule has 2 amide bonds. The smallest absolute Gasteiger partial charge is 0.274 e. The third-order valence-corrected chi connectivity index (χ3v) is 1.72. The summed E-state index contributed by atoms with van der Waals surface area (Å²) in [4.78, 5) is 10.6. The largest absolute Gasteiger partial charge is 0.416 e. The summed E-state index contributed by atoms with van der Waals surface area (Å²) in [5.41, 5.74) is 3.11. The highest BCUT2D eigenvalue weighted by atomic mass is 19.4. The van der Waals surface area contributed by atoms with Crippen molar-refractivity contribution in [1.29, 1.82) is 0 Å². The minimum absolute atomic E-state index is 0.206. The van der Waals surface area contributed by atoms with Gasteiger partial charge in [-0.15, -0.1) is 0 Å². The summed E-state index contributed by atoms with van der Waals surface area (Å²) in [5.74, 6) is 4.75. The fraction of sp³-hybridized carbons (Fsp3) is 0.111. The minimum Gasteiger partial charge on any atom is -0.274 e. The van der Waals surface area contributed by atoms with E-state index in [1.165, 1.54) is 12.1 Å². The monoisotopic (exact) mass is 246 g/mol. The molecule has 0 aliphatic heterocycles. The number of hydrogen-bond acceptors (Lipinski definition) is 3. The highest BCUT2D eigenvalue weighted by Gasteiger charge is 2.30. The second kappa shape index (κ2) is 5.30. The molecule has 1 aromatic carbocycles. The van der Waals surface area contributed by atoms with Gasteiger partial charge in [0.25, 0.3) is 0 Å². The molecule has 0 spiro atoms. The number of hydrogen-bond donors (Lipinski definition) is 3. The molecule has 0 atom stereocenters. The van der Waals surface area contributed by atoms with Gasteiger partial charge in [0.2, 0.25) is 0 Å². The first-order valence-electron chi connectivity index (χ1n) is 4.40. The highest BCUT2D eigenvalue weighted by molar-refractivity contribution is 5.81. The molecule has 0 aliphatic carbocycles. The number of nitrogens with zero attached hydrogens (tertiary/aromatic N) is 1. The van der Waals surface area contributed by atoms with Crippen LogP contribution in [-0.4, -0.2) is 12.2 Å². The van der Waals surface area contributed by atoms with Crippen molar-refractivity contribution in [2.45, 2.75) is 6.18 Å². The quantitative estimate of drug-likeness (QED) is 0.317. The second-order valence-electron chi connectivity index (χ2n) is 2.97. The van der Waals surface area contributed by atoms with Gasteiger partial charge in [-0.05, 0) is 17.7 Å². The van der Waals surface area contributed by atoms with Crippen LogP contribution in [0.1, 0.15) is 11.1 Å². The van der Waals surface area contributed by atoms with Crippen LogP contribution in [0.4, 0.5) is 18.0 Å².